The van der Waals surface area contributed by atoms with E-state index in [-0.39, 0.29) is 11.4 Å². The van der Waals surface area contributed by atoms with Crippen molar-refractivity contribution in [3.8, 4) is 0 Å². The van der Waals surface area contributed by atoms with Gasteiger partial charge in [0.05, 0.1) is 6.61 Å². The molecule has 0 unspecified atom stereocenters. The van der Waals surface area contributed by atoms with Crippen LogP contribution in [0.25, 0.3) is 0 Å². The van der Waals surface area contributed by atoms with E-state index in [0.717, 1.165) is 26.2 Å². The monoisotopic (exact) mass is 256 g/mol. The molecule has 1 saturated heterocycles. The summed E-state index contributed by atoms with van der Waals surface area (Å²) >= 11 is 0. The van der Waals surface area contributed by atoms with Crippen LogP contribution in [0.3, 0.4) is 0 Å². The Balaban J connectivity index is 2.24. The number of methoxy groups -OCH3 is 1. The van der Waals surface area contributed by atoms with E-state index < -0.39 is 0 Å². The summed E-state index contributed by atoms with van der Waals surface area (Å²) in [6.45, 7) is 9.92. The molecule has 0 aromatic heterocycles. The summed E-state index contributed by atoms with van der Waals surface area (Å²) in [5.74, 6) is 0.783. The third-order valence-corrected chi connectivity index (χ3v) is 3.17. The Morgan fingerprint density at radius 2 is 2.17 bits per heavy atom. The number of amides is 1. The number of piperidine rings is 1. The molecule has 1 heterocycles. The van der Waals surface area contributed by atoms with Gasteiger partial charge in [-0.3, -0.25) is 4.79 Å². The number of ether oxygens (including phenoxy) is 1. The molecule has 0 aromatic carbocycles. The molecule has 1 rings (SSSR count). The molecule has 18 heavy (non-hydrogen) atoms. The van der Waals surface area contributed by atoms with Crippen molar-refractivity contribution in [1.82, 2.24) is 10.2 Å². The number of hydrogen-bond donors (Lipinski definition) is 1. The largest absolute Gasteiger partial charge is 0.384 e. The number of carbonyl (C=O) groups is 1. The van der Waals surface area contributed by atoms with Crippen molar-refractivity contribution in [2.75, 3.05) is 33.4 Å². The molecule has 0 aromatic rings. The lowest BCUT2D eigenvalue weighted by molar-refractivity contribution is -0.122. The Labute approximate surface area is 111 Å². The van der Waals surface area contributed by atoms with Crippen LogP contribution in [0.1, 0.15) is 40.0 Å². The zero-order valence-electron chi connectivity index (χ0n) is 12.3. The highest BCUT2D eigenvalue weighted by molar-refractivity contribution is 5.76. The highest BCUT2D eigenvalue weighted by Crippen LogP contribution is 2.16. The van der Waals surface area contributed by atoms with Crippen LogP contribution in [-0.2, 0) is 9.53 Å². The van der Waals surface area contributed by atoms with Gasteiger partial charge in [-0.05, 0) is 46.1 Å². The fourth-order valence-corrected chi connectivity index (χ4v) is 2.47. The van der Waals surface area contributed by atoms with Gasteiger partial charge < -0.3 is 15.0 Å². The van der Waals surface area contributed by atoms with Crippen molar-refractivity contribution >= 4 is 5.91 Å². The average molecular weight is 256 g/mol. The van der Waals surface area contributed by atoms with Gasteiger partial charge in [-0.2, -0.15) is 0 Å². The minimum atomic E-state index is -0.127. The molecule has 0 spiro atoms. The summed E-state index contributed by atoms with van der Waals surface area (Å²) < 4.78 is 5.22. The number of nitrogens with zero attached hydrogens (tertiary/aromatic N) is 1. The van der Waals surface area contributed by atoms with E-state index in [1.165, 1.54) is 12.8 Å². The molecular formula is C14H28N2O2. The summed E-state index contributed by atoms with van der Waals surface area (Å²) in [6.07, 6.45) is 3.06. The second-order valence-electron chi connectivity index (χ2n) is 6.31. The lowest BCUT2D eigenvalue weighted by atomic mass is 9.99. The Bertz CT molecular complexity index is 259. The summed E-state index contributed by atoms with van der Waals surface area (Å²) in [4.78, 5) is 14.1. The van der Waals surface area contributed by atoms with Crippen LogP contribution in [-0.4, -0.2) is 49.7 Å². The average Bonchev–Trinajstić information content (AvgIpc) is 2.25. The third-order valence-electron chi connectivity index (χ3n) is 3.17. The fraction of sp³-hybridized carbons (Fsp3) is 0.929. The third kappa shape index (κ3) is 6.36. The number of hydrogen-bond acceptors (Lipinski definition) is 3. The molecule has 1 fully saturated rings. The van der Waals surface area contributed by atoms with Crippen LogP contribution in [0.15, 0.2) is 0 Å². The van der Waals surface area contributed by atoms with Crippen molar-refractivity contribution in [1.29, 1.82) is 0 Å². The van der Waals surface area contributed by atoms with Gasteiger partial charge in [0.25, 0.3) is 0 Å². The molecular weight excluding hydrogens is 228 g/mol. The second kappa shape index (κ2) is 7.10. The van der Waals surface area contributed by atoms with Gasteiger partial charge in [-0.1, -0.05) is 0 Å². The van der Waals surface area contributed by atoms with Gasteiger partial charge in [0.2, 0.25) is 5.91 Å². The Kier molecular flexibility index (Phi) is 6.09. The van der Waals surface area contributed by atoms with E-state index in [1.54, 1.807) is 7.11 Å². The predicted octanol–water partition coefficient (Wildman–Crippen LogP) is 1.65. The summed E-state index contributed by atoms with van der Waals surface area (Å²) in [7, 11) is 1.76. The Morgan fingerprint density at radius 1 is 1.44 bits per heavy atom. The number of likely N-dealkylation sites (tertiary alicyclic amines) is 1. The van der Waals surface area contributed by atoms with Gasteiger partial charge in [-0.15, -0.1) is 0 Å². The normalized spacial score (nSPS) is 21.9. The highest BCUT2D eigenvalue weighted by atomic mass is 16.5. The van der Waals surface area contributed by atoms with E-state index in [4.69, 9.17) is 4.74 Å². The number of carbonyl (C=O) groups excluding carboxylic acids is 1. The molecule has 106 valence electrons. The standard InChI is InChI=1S/C14H28N2O2/c1-14(2,3)15-13(17)7-9-16-8-5-6-12(10-16)11-18-4/h12H,5-11H2,1-4H3,(H,15,17)/t12-/m0/s1. The quantitative estimate of drug-likeness (QED) is 0.813. The van der Waals surface area contributed by atoms with E-state index in [1.807, 2.05) is 20.8 Å². The van der Waals surface area contributed by atoms with Crippen molar-refractivity contribution in [2.24, 2.45) is 5.92 Å². The first kappa shape index (κ1) is 15.4. The molecule has 0 saturated carbocycles. The summed E-state index contributed by atoms with van der Waals surface area (Å²) in [6, 6.07) is 0. The highest BCUT2D eigenvalue weighted by Gasteiger charge is 2.21. The van der Waals surface area contributed by atoms with E-state index in [9.17, 15) is 4.79 Å². The molecule has 0 bridgehead atoms. The maximum atomic E-state index is 11.7. The zero-order chi connectivity index (χ0) is 13.6. The fourth-order valence-electron chi connectivity index (χ4n) is 2.47. The maximum Gasteiger partial charge on any atom is 0.221 e. The van der Waals surface area contributed by atoms with Crippen LogP contribution < -0.4 is 5.32 Å². The van der Waals surface area contributed by atoms with Crippen molar-refractivity contribution in [2.45, 2.75) is 45.6 Å². The van der Waals surface area contributed by atoms with Gasteiger partial charge in [0.1, 0.15) is 0 Å². The smallest absolute Gasteiger partial charge is 0.221 e. The van der Waals surface area contributed by atoms with Crippen molar-refractivity contribution in [3.63, 3.8) is 0 Å². The van der Waals surface area contributed by atoms with Crippen LogP contribution in [0.5, 0.6) is 0 Å². The van der Waals surface area contributed by atoms with Gasteiger partial charge in [0.15, 0.2) is 0 Å². The minimum absolute atomic E-state index is 0.127. The lowest BCUT2D eigenvalue weighted by Crippen LogP contribution is -2.43. The summed E-state index contributed by atoms with van der Waals surface area (Å²) in [5, 5.41) is 3.00. The summed E-state index contributed by atoms with van der Waals surface area (Å²) in [5.41, 5.74) is -0.127. The molecule has 1 N–H and O–H groups in total. The lowest BCUT2D eigenvalue weighted by Gasteiger charge is -2.32. The minimum Gasteiger partial charge on any atom is -0.384 e. The molecule has 1 aliphatic heterocycles. The van der Waals surface area contributed by atoms with Crippen LogP contribution in [0.4, 0.5) is 0 Å². The first-order chi connectivity index (χ1) is 8.40. The first-order valence-electron chi connectivity index (χ1n) is 6.93. The first-order valence-corrected chi connectivity index (χ1v) is 6.93. The SMILES string of the molecule is COC[C@H]1CCCN(CCC(=O)NC(C)(C)C)C1. The molecule has 1 aliphatic rings. The van der Waals surface area contributed by atoms with E-state index in [2.05, 4.69) is 10.2 Å². The second-order valence-corrected chi connectivity index (χ2v) is 6.31. The van der Waals surface area contributed by atoms with Crippen molar-refractivity contribution in [3.05, 3.63) is 0 Å². The van der Waals surface area contributed by atoms with Crippen LogP contribution in [0.2, 0.25) is 0 Å². The predicted molar refractivity (Wildman–Crippen MR) is 73.6 cm³/mol. The van der Waals surface area contributed by atoms with E-state index in [0.29, 0.717) is 12.3 Å². The number of rotatable bonds is 5. The molecule has 4 nitrogen and oxygen atoms in total. The van der Waals surface area contributed by atoms with E-state index >= 15 is 0 Å². The topological polar surface area (TPSA) is 41.6 Å². The van der Waals surface area contributed by atoms with Gasteiger partial charge >= 0.3 is 0 Å². The molecule has 4 heteroatoms. The van der Waals surface area contributed by atoms with Gasteiger partial charge in [0, 0.05) is 32.2 Å². The Morgan fingerprint density at radius 3 is 2.78 bits per heavy atom. The Hall–Kier alpha value is -0.610. The maximum absolute atomic E-state index is 11.7. The van der Waals surface area contributed by atoms with Crippen LogP contribution >= 0.6 is 0 Å². The number of nitrogens with one attached hydrogen (secondary N) is 1. The van der Waals surface area contributed by atoms with Crippen molar-refractivity contribution < 1.29 is 9.53 Å². The van der Waals surface area contributed by atoms with Crippen LogP contribution in [0, 0.1) is 5.92 Å². The molecule has 1 atom stereocenters. The zero-order valence-corrected chi connectivity index (χ0v) is 12.3. The molecule has 0 radical (unpaired) electrons. The molecule has 1 amide bonds. The molecule has 0 aliphatic carbocycles. The van der Waals surface area contributed by atoms with Gasteiger partial charge in [-0.25, -0.2) is 0 Å².